The van der Waals surface area contributed by atoms with E-state index in [0.717, 1.165) is 12.1 Å². The van der Waals surface area contributed by atoms with Gasteiger partial charge in [0.25, 0.3) is 0 Å². The number of hydrogen-bond donors (Lipinski definition) is 2. The number of methoxy groups -OCH3 is 1. The van der Waals surface area contributed by atoms with E-state index in [4.69, 9.17) is 0 Å². The Hall–Kier alpha value is -1.87. The van der Waals surface area contributed by atoms with Gasteiger partial charge in [-0.1, -0.05) is 0 Å². The third kappa shape index (κ3) is 3.57. The van der Waals surface area contributed by atoms with Crippen molar-refractivity contribution >= 4 is 5.78 Å². The van der Waals surface area contributed by atoms with Gasteiger partial charge >= 0.3 is 0 Å². The first-order valence-electron chi connectivity index (χ1n) is 4.72. The molecule has 0 unspecified atom stereocenters. The average Bonchev–Trinajstić information content (AvgIpc) is 2.34. The van der Waals surface area contributed by atoms with Crippen LogP contribution in [0.15, 0.2) is 12.1 Å². The van der Waals surface area contributed by atoms with Crippen molar-refractivity contribution in [3.63, 3.8) is 0 Å². The van der Waals surface area contributed by atoms with Gasteiger partial charge in [-0.25, -0.2) is 4.89 Å². The number of benzene rings is 1. The Morgan fingerprint density at radius 3 is 2.56 bits per heavy atom. The van der Waals surface area contributed by atoms with Crippen molar-refractivity contribution in [2.75, 3.05) is 20.8 Å². The van der Waals surface area contributed by atoms with Crippen LogP contribution in [-0.4, -0.2) is 36.8 Å². The summed E-state index contributed by atoms with van der Waals surface area (Å²) in [5, 5.41) is 26.9. The molecule has 1 aromatic carbocycles. The molecular formula is C10H12O8. The number of carbonyl (C=O) groups excluding carboxylic acids is 1. The lowest BCUT2D eigenvalue weighted by Crippen LogP contribution is -2.07. The van der Waals surface area contributed by atoms with E-state index in [2.05, 4.69) is 24.6 Å². The van der Waals surface area contributed by atoms with E-state index in [1.165, 1.54) is 14.2 Å². The van der Waals surface area contributed by atoms with Crippen molar-refractivity contribution in [3.05, 3.63) is 17.7 Å². The second-order valence-corrected chi connectivity index (χ2v) is 3.08. The molecule has 0 saturated heterocycles. The topological polar surface area (TPSA) is 104 Å². The van der Waals surface area contributed by atoms with Crippen molar-refractivity contribution in [2.45, 2.75) is 0 Å². The van der Waals surface area contributed by atoms with Crippen molar-refractivity contribution in [2.24, 2.45) is 0 Å². The molecule has 0 saturated carbocycles. The molecule has 0 atom stereocenters. The van der Waals surface area contributed by atoms with Gasteiger partial charge in [-0.05, 0) is 17.2 Å². The maximum absolute atomic E-state index is 11.5. The zero-order valence-corrected chi connectivity index (χ0v) is 9.71. The maximum Gasteiger partial charge on any atom is 0.214 e. The van der Waals surface area contributed by atoms with Crippen molar-refractivity contribution in [3.8, 4) is 17.2 Å². The maximum atomic E-state index is 11.5. The van der Waals surface area contributed by atoms with Crippen LogP contribution in [0.5, 0.6) is 17.2 Å². The number of ether oxygens (including phenoxy) is 1. The zero-order valence-electron chi connectivity index (χ0n) is 9.71. The van der Waals surface area contributed by atoms with E-state index in [1.54, 1.807) is 0 Å². The van der Waals surface area contributed by atoms with E-state index >= 15 is 0 Å². The number of carbonyl (C=O) groups is 1. The monoisotopic (exact) mass is 260 g/mol. The Morgan fingerprint density at radius 2 is 1.94 bits per heavy atom. The average molecular weight is 260 g/mol. The lowest BCUT2D eigenvalue weighted by atomic mass is 10.1. The number of phenolic OH excluding ortho intramolecular Hbond substituents is 2. The van der Waals surface area contributed by atoms with E-state index in [-0.39, 0.29) is 17.9 Å². The summed E-state index contributed by atoms with van der Waals surface area (Å²) in [5.74, 6) is -1.88. The fourth-order valence-corrected chi connectivity index (χ4v) is 1.11. The minimum Gasteiger partial charge on any atom is -0.504 e. The molecule has 0 heterocycles. The molecule has 0 radical (unpaired) electrons. The number of phenols is 2. The Bertz CT molecular complexity index is 417. The van der Waals surface area contributed by atoms with E-state index < -0.39 is 17.3 Å². The summed E-state index contributed by atoms with van der Waals surface area (Å²) in [5.41, 5.74) is 0.0724. The first-order valence-corrected chi connectivity index (χ1v) is 4.72. The van der Waals surface area contributed by atoms with Gasteiger partial charge in [0.2, 0.25) is 11.5 Å². The van der Waals surface area contributed by atoms with E-state index in [0.29, 0.717) is 0 Å². The Morgan fingerprint density at radius 1 is 1.22 bits per heavy atom. The van der Waals surface area contributed by atoms with E-state index in [1.807, 2.05) is 0 Å². The number of ketones is 1. The number of Topliss-reactive ketones (excluding diaryl/α,β-unsaturated/α-hetero) is 1. The Balaban J connectivity index is 2.91. The van der Waals surface area contributed by atoms with Gasteiger partial charge in [0, 0.05) is 17.7 Å². The second-order valence-electron chi connectivity index (χ2n) is 3.08. The predicted molar refractivity (Wildman–Crippen MR) is 55.8 cm³/mol. The summed E-state index contributed by atoms with van der Waals surface area (Å²) in [6, 6.07) is 2.22. The standard InChI is InChI=1S/C10H12O8/c1-14-5-8(12)6-3-7(11)10(13)9(4-6)16-18-17-15-2/h3-4,11,13H,5H2,1-2H3. The van der Waals surface area contributed by atoms with E-state index in [9.17, 15) is 15.0 Å². The molecule has 0 fully saturated rings. The van der Waals surface area contributed by atoms with Crippen LogP contribution in [0.3, 0.4) is 0 Å². The molecule has 0 aliphatic heterocycles. The predicted octanol–water partition coefficient (Wildman–Crippen LogP) is 0.730. The van der Waals surface area contributed by atoms with Crippen LogP contribution in [0.25, 0.3) is 0 Å². The minimum absolute atomic E-state index is 0.0724. The molecule has 0 aliphatic rings. The first kappa shape index (κ1) is 14.2. The molecule has 0 amide bonds. The summed E-state index contributed by atoms with van der Waals surface area (Å²) < 4.78 is 4.66. The van der Waals surface area contributed by atoms with Gasteiger partial charge in [0.15, 0.2) is 11.5 Å². The zero-order chi connectivity index (χ0) is 13.5. The lowest BCUT2D eigenvalue weighted by molar-refractivity contribution is -0.600. The fraction of sp³-hybridized carbons (Fsp3) is 0.300. The summed E-state index contributed by atoms with van der Waals surface area (Å²) in [6.45, 7) is -0.181. The Kier molecular flexibility index (Phi) is 5.33. The SMILES string of the molecule is COCC(=O)c1cc(O)c(O)c(OOOOC)c1. The number of rotatable bonds is 7. The fourth-order valence-electron chi connectivity index (χ4n) is 1.11. The molecule has 18 heavy (non-hydrogen) atoms. The molecule has 8 nitrogen and oxygen atoms in total. The van der Waals surface area contributed by atoms with Crippen molar-refractivity contribution in [1.29, 1.82) is 0 Å². The van der Waals surface area contributed by atoms with Gasteiger partial charge in [-0.3, -0.25) is 4.79 Å². The van der Waals surface area contributed by atoms with Crippen LogP contribution < -0.4 is 4.89 Å². The van der Waals surface area contributed by atoms with Crippen LogP contribution in [0.4, 0.5) is 0 Å². The summed E-state index contributed by atoms with van der Waals surface area (Å²) in [7, 11) is 2.52. The summed E-state index contributed by atoms with van der Waals surface area (Å²) in [4.78, 5) is 20.1. The molecule has 0 bridgehead atoms. The molecule has 8 heteroatoms. The molecule has 0 aliphatic carbocycles. The second kappa shape index (κ2) is 6.77. The minimum atomic E-state index is -0.608. The van der Waals surface area contributed by atoms with Crippen LogP contribution >= 0.6 is 0 Å². The normalized spacial score (nSPS) is 10.3. The molecular weight excluding hydrogens is 248 g/mol. The third-order valence-corrected chi connectivity index (χ3v) is 1.87. The smallest absolute Gasteiger partial charge is 0.214 e. The third-order valence-electron chi connectivity index (χ3n) is 1.87. The highest BCUT2D eigenvalue weighted by molar-refractivity contribution is 5.98. The van der Waals surface area contributed by atoms with Crippen LogP contribution in [0, 0.1) is 0 Å². The van der Waals surface area contributed by atoms with Crippen LogP contribution in [-0.2, 0) is 19.7 Å². The van der Waals surface area contributed by atoms with Gasteiger partial charge in [-0.2, -0.15) is 0 Å². The molecule has 0 spiro atoms. The number of aromatic hydroxyl groups is 2. The van der Waals surface area contributed by atoms with Crippen LogP contribution in [0.1, 0.15) is 10.4 Å². The Labute approximate surface area is 102 Å². The summed E-state index contributed by atoms with van der Waals surface area (Å²) >= 11 is 0. The molecule has 1 rings (SSSR count). The van der Waals surface area contributed by atoms with Crippen molar-refractivity contribution < 1.29 is 39.6 Å². The van der Waals surface area contributed by atoms with Gasteiger partial charge in [-0.15, -0.1) is 0 Å². The quantitative estimate of drug-likeness (QED) is 0.243. The molecule has 100 valence electrons. The van der Waals surface area contributed by atoms with Gasteiger partial charge in [0.05, 0.1) is 7.11 Å². The highest BCUT2D eigenvalue weighted by Crippen LogP contribution is 2.36. The first-order chi connectivity index (χ1) is 8.60. The molecule has 0 aromatic heterocycles. The van der Waals surface area contributed by atoms with Gasteiger partial charge < -0.3 is 19.8 Å². The molecule has 1 aromatic rings. The molecule has 2 N–H and O–H groups in total. The highest BCUT2D eigenvalue weighted by atomic mass is 17.7. The van der Waals surface area contributed by atoms with Crippen LogP contribution in [0.2, 0.25) is 0 Å². The number of hydrogen-bond acceptors (Lipinski definition) is 8. The van der Waals surface area contributed by atoms with Gasteiger partial charge in [0.1, 0.15) is 6.61 Å². The lowest BCUT2D eigenvalue weighted by Gasteiger charge is -2.07. The largest absolute Gasteiger partial charge is 0.504 e. The van der Waals surface area contributed by atoms with Crippen molar-refractivity contribution in [1.82, 2.24) is 0 Å². The summed E-state index contributed by atoms with van der Waals surface area (Å²) in [6.07, 6.45) is 0. The highest BCUT2D eigenvalue weighted by Gasteiger charge is 2.16.